The highest BCUT2D eigenvalue weighted by Gasteiger charge is 2.55. The minimum Gasteiger partial charge on any atom is -0.494 e. The maximum absolute atomic E-state index is 13.9. The number of ether oxygens (including phenoxy) is 2. The van der Waals surface area contributed by atoms with Crippen molar-refractivity contribution in [3.8, 4) is 11.6 Å². The maximum atomic E-state index is 13.9. The summed E-state index contributed by atoms with van der Waals surface area (Å²) in [6.07, 6.45) is 3.84. The molecule has 2 N–H and O–H groups in total. The molecular formula is C26H37N5O6S. The first-order valence-electron chi connectivity index (χ1n) is 13.0. The third-order valence-corrected chi connectivity index (χ3v) is 10.0. The number of carbonyl (C=O) groups excluding carboxylic acids is 1. The summed E-state index contributed by atoms with van der Waals surface area (Å²) in [5, 5.41) is 9.50. The van der Waals surface area contributed by atoms with Crippen LogP contribution in [0.5, 0.6) is 11.6 Å². The SMILES string of the molecule is CCCCOc1ccc(N2CCN(S(=O)(=O)C3(C(=O)NO)CCN(c4ccc(OC)nc4)CC3)CC2)cc1. The van der Waals surface area contributed by atoms with Gasteiger partial charge in [0.15, 0.2) is 4.75 Å². The summed E-state index contributed by atoms with van der Waals surface area (Å²) in [5.74, 6) is 0.418. The number of unbranched alkanes of at least 4 members (excludes halogenated alkanes) is 1. The lowest BCUT2D eigenvalue weighted by atomic mass is 9.94. The Morgan fingerprint density at radius 3 is 2.18 bits per heavy atom. The lowest BCUT2D eigenvalue weighted by Gasteiger charge is -2.44. The van der Waals surface area contributed by atoms with Crippen LogP contribution in [-0.2, 0) is 14.8 Å². The first-order chi connectivity index (χ1) is 18.3. The Hall–Kier alpha value is -3.09. The number of piperazine rings is 1. The van der Waals surface area contributed by atoms with Crippen molar-refractivity contribution in [2.45, 2.75) is 37.4 Å². The molecule has 0 spiro atoms. The number of hydrogen-bond acceptors (Lipinski definition) is 9. The zero-order valence-electron chi connectivity index (χ0n) is 22.0. The van der Waals surface area contributed by atoms with Gasteiger partial charge in [-0.2, -0.15) is 4.31 Å². The molecule has 0 saturated carbocycles. The molecule has 0 bridgehead atoms. The van der Waals surface area contributed by atoms with Gasteiger partial charge in [0.2, 0.25) is 15.9 Å². The van der Waals surface area contributed by atoms with Gasteiger partial charge in [-0.05, 0) is 49.6 Å². The lowest BCUT2D eigenvalue weighted by Crippen LogP contribution is -2.63. The van der Waals surface area contributed by atoms with Gasteiger partial charge in [-0.15, -0.1) is 0 Å². The number of rotatable bonds is 10. The third-order valence-electron chi connectivity index (χ3n) is 7.42. The molecule has 0 atom stereocenters. The molecule has 1 aromatic heterocycles. The van der Waals surface area contributed by atoms with Crippen LogP contribution in [0.25, 0.3) is 0 Å². The van der Waals surface area contributed by atoms with Crippen LogP contribution in [0.3, 0.4) is 0 Å². The molecular weight excluding hydrogens is 510 g/mol. The molecule has 208 valence electrons. The van der Waals surface area contributed by atoms with Crippen LogP contribution in [-0.4, -0.2) is 86.6 Å². The van der Waals surface area contributed by atoms with Crippen LogP contribution in [0.4, 0.5) is 11.4 Å². The normalized spacial score (nSPS) is 18.2. The van der Waals surface area contributed by atoms with E-state index in [1.807, 2.05) is 35.2 Å². The average Bonchev–Trinajstić information content (AvgIpc) is 2.97. The molecule has 0 radical (unpaired) electrons. The molecule has 12 heteroatoms. The van der Waals surface area contributed by atoms with Crippen LogP contribution in [0.2, 0.25) is 0 Å². The van der Waals surface area contributed by atoms with Gasteiger partial charge in [0.1, 0.15) is 5.75 Å². The molecule has 2 aliphatic rings. The van der Waals surface area contributed by atoms with Gasteiger partial charge in [-0.1, -0.05) is 13.3 Å². The van der Waals surface area contributed by atoms with E-state index in [2.05, 4.69) is 16.8 Å². The first-order valence-corrected chi connectivity index (χ1v) is 14.5. The zero-order chi connectivity index (χ0) is 27.2. The van der Waals surface area contributed by atoms with Gasteiger partial charge in [0.25, 0.3) is 5.91 Å². The van der Waals surface area contributed by atoms with E-state index < -0.39 is 20.7 Å². The Bertz CT molecular complexity index is 1160. The maximum Gasteiger partial charge on any atom is 0.266 e. The Kier molecular flexibility index (Phi) is 8.95. The molecule has 2 aromatic rings. The number of pyridine rings is 1. The molecule has 2 saturated heterocycles. The highest BCUT2D eigenvalue weighted by molar-refractivity contribution is 7.91. The van der Waals surface area contributed by atoms with E-state index >= 15 is 0 Å². The summed E-state index contributed by atoms with van der Waals surface area (Å²) in [6, 6.07) is 11.4. The lowest BCUT2D eigenvalue weighted by molar-refractivity contribution is -0.132. The topological polar surface area (TPSA) is 125 Å². The number of methoxy groups -OCH3 is 1. The van der Waals surface area contributed by atoms with Crippen molar-refractivity contribution in [2.24, 2.45) is 0 Å². The van der Waals surface area contributed by atoms with Crippen molar-refractivity contribution < 1.29 is 27.9 Å². The number of aromatic nitrogens is 1. The van der Waals surface area contributed by atoms with Crippen molar-refractivity contribution in [1.29, 1.82) is 0 Å². The summed E-state index contributed by atoms with van der Waals surface area (Å²) in [5.41, 5.74) is 3.44. The predicted octanol–water partition coefficient (Wildman–Crippen LogP) is 2.27. The monoisotopic (exact) mass is 547 g/mol. The Labute approximate surface area is 224 Å². The molecule has 3 heterocycles. The molecule has 1 amide bonds. The van der Waals surface area contributed by atoms with E-state index in [4.69, 9.17) is 9.47 Å². The molecule has 0 aliphatic carbocycles. The van der Waals surface area contributed by atoms with E-state index in [1.54, 1.807) is 17.7 Å². The van der Waals surface area contributed by atoms with E-state index in [9.17, 15) is 18.4 Å². The number of amides is 1. The number of sulfonamides is 1. The van der Waals surface area contributed by atoms with Crippen LogP contribution < -0.4 is 24.8 Å². The number of benzene rings is 1. The van der Waals surface area contributed by atoms with E-state index in [0.717, 1.165) is 30.0 Å². The number of anilines is 2. The van der Waals surface area contributed by atoms with Crippen LogP contribution >= 0.6 is 0 Å². The van der Waals surface area contributed by atoms with Gasteiger partial charge in [0.05, 0.1) is 25.6 Å². The second kappa shape index (κ2) is 12.2. The van der Waals surface area contributed by atoms with Crippen molar-refractivity contribution in [3.63, 3.8) is 0 Å². The highest BCUT2D eigenvalue weighted by Crippen LogP contribution is 2.36. The van der Waals surface area contributed by atoms with E-state index in [0.29, 0.717) is 38.7 Å². The Morgan fingerprint density at radius 1 is 1.00 bits per heavy atom. The molecule has 4 rings (SSSR count). The molecule has 11 nitrogen and oxygen atoms in total. The number of hydroxylamine groups is 1. The van der Waals surface area contributed by atoms with Crippen LogP contribution in [0.1, 0.15) is 32.6 Å². The minimum absolute atomic E-state index is 0.0491. The van der Waals surface area contributed by atoms with Crippen molar-refractivity contribution in [1.82, 2.24) is 14.8 Å². The fourth-order valence-corrected chi connectivity index (χ4v) is 7.15. The largest absolute Gasteiger partial charge is 0.494 e. The molecule has 0 unspecified atom stereocenters. The summed E-state index contributed by atoms with van der Waals surface area (Å²) in [7, 11) is -2.51. The number of carbonyl (C=O) groups is 1. The number of piperidine rings is 1. The van der Waals surface area contributed by atoms with Crippen molar-refractivity contribution in [2.75, 3.05) is 62.8 Å². The average molecular weight is 548 g/mol. The molecule has 1 aromatic carbocycles. The minimum atomic E-state index is -4.05. The summed E-state index contributed by atoms with van der Waals surface area (Å²) in [4.78, 5) is 21.2. The van der Waals surface area contributed by atoms with Crippen LogP contribution in [0.15, 0.2) is 42.6 Å². The molecule has 38 heavy (non-hydrogen) atoms. The van der Waals surface area contributed by atoms with Gasteiger partial charge >= 0.3 is 0 Å². The number of hydrogen-bond donors (Lipinski definition) is 2. The van der Waals surface area contributed by atoms with E-state index in [-0.39, 0.29) is 25.9 Å². The second-order valence-corrected chi connectivity index (χ2v) is 11.8. The Balaban J connectivity index is 1.41. The van der Waals surface area contributed by atoms with Gasteiger partial charge in [0, 0.05) is 51.0 Å². The number of nitrogens with one attached hydrogen (secondary N) is 1. The van der Waals surface area contributed by atoms with Gasteiger partial charge < -0.3 is 19.3 Å². The van der Waals surface area contributed by atoms with Gasteiger partial charge in [-0.25, -0.2) is 18.9 Å². The molecule has 2 aliphatic heterocycles. The molecule has 2 fully saturated rings. The highest BCUT2D eigenvalue weighted by atomic mass is 32.2. The van der Waals surface area contributed by atoms with Crippen molar-refractivity contribution >= 4 is 27.3 Å². The summed E-state index contributed by atoms with van der Waals surface area (Å²) >= 11 is 0. The van der Waals surface area contributed by atoms with Crippen LogP contribution in [0, 0.1) is 0 Å². The van der Waals surface area contributed by atoms with Crippen molar-refractivity contribution in [3.05, 3.63) is 42.6 Å². The van der Waals surface area contributed by atoms with Gasteiger partial charge in [-0.3, -0.25) is 10.0 Å². The summed E-state index contributed by atoms with van der Waals surface area (Å²) in [6.45, 7) is 4.96. The first kappa shape index (κ1) is 27.9. The zero-order valence-corrected chi connectivity index (χ0v) is 22.8. The summed E-state index contributed by atoms with van der Waals surface area (Å²) < 4.78 is 38.2. The van der Waals surface area contributed by atoms with E-state index in [1.165, 1.54) is 11.4 Å². The smallest absolute Gasteiger partial charge is 0.266 e. The second-order valence-electron chi connectivity index (χ2n) is 9.57. The fourth-order valence-electron chi connectivity index (χ4n) is 5.03. The number of nitrogens with zero attached hydrogens (tertiary/aromatic N) is 4. The fraction of sp³-hybridized carbons (Fsp3) is 0.538. The standard InChI is InChI=1S/C26H37N5O6S/c1-3-4-19-37-23-8-5-21(6-9-23)30-15-17-31(18-16-30)38(34,35)26(25(32)28-33)11-13-29(14-12-26)22-7-10-24(36-2)27-20-22/h5-10,20,33H,3-4,11-19H2,1-2H3,(H,28,32). The Morgan fingerprint density at radius 2 is 1.63 bits per heavy atom. The quantitative estimate of drug-likeness (QED) is 0.262. The third kappa shape index (κ3) is 5.67. The predicted molar refractivity (Wildman–Crippen MR) is 144 cm³/mol.